The van der Waals surface area contributed by atoms with E-state index in [-0.39, 0.29) is 16.9 Å². The normalized spacial score (nSPS) is 20.9. The number of aromatic amines is 1. The van der Waals surface area contributed by atoms with Gasteiger partial charge >= 0.3 is 0 Å². The van der Waals surface area contributed by atoms with Crippen molar-refractivity contribution in [3.8, 4) is 0 Å². The molecule has 120 valence electrons. The minimum Gasteiger partial charge on any atom is -0.363 e. The van der Waals surface area contributed by atoms with Crippen molar-refractivity contribution in [3.05, 3.63) is 18.0 Å². The molecule has 0 saturated heterocycles. The van der Waals surface area contributed by atoms with Gasteiger partial charge in [0.25, 0.3) is 0 Å². The summed E-state index contributed by atoms with van der Waals surface area (Å²) in [6, 6.07) is 2.03. The maximum atomic E-state index is 12.5. The van der Waals surface area contributed by atoms with E-state index in [0.29, 0.717) is 17.5 Å². The molecule has 0 bridgehead atoms. The lowest BCUT2D eigenvalue weighted by Crippen LogP contribution is -2.29. The average Bonchev–Trinajstić information content (AvgIpc) is 2.77. The lowest BCUT2D eigenvalue weighted by molar-refractivity contribution is 0.457. The fourth-order valence-electron chi connectivity index (χ4n) is 2.70. The summed E-state index contributed by atoms with van der Waals surface area (Å²) in [5, 5.41) is 3.26. The van der Waals surface area contributed by atoms with Crippen LogP contribution in [0, 0.1) is 10.8 Å². The predicted octanol–water partition coefficient (Wildman–Crippen LogP) is 2.23. The quantitative estimate of drug-likeness (QED) is 0.754. The molecule has 21 heavy (non-hydrogen) atoms. The number of hydrogen-bond donors (Lipinski definition) is 3. The molecule has 1 aliphatic carbocycles. The highest BCUT2D eigenvalue weighted by atomic mass is 32.2. The van der Waals surface area contributed by atoms with Gasteiger partial charge in [0, 0.05) is 30.5 Å². The summed E-state index contributed by atoms with van der Waals surface area (Å²) in [6.45, 7) is 13.1. The smallest absolute Gasteiger partial charge is 0.242 e. The molecule has 2 rings (SSSR count). The zero-order valence-corrected chi connectivity index (χ0v) is 14.6. The van der Waals surface area contributed by atoms with Crippen LogP contribution in [-0.2, 0) is 16.6 Å². The number of rotatable bonds is 6. The molecule has 0 aromatic carbocycles. The molecule has 0 atom stereocenters. The standard InChI is InChI=1S/C15H27N3O2S/c1-10(2)16-8-11-7-12(9-17-11)21(19,20)18-13-14(3,4)15(13,5)6/h7,9-10,13,16-18H,8H2,1-6H3. The monoisotopic (exact) mass is 313 g/mol. The summed E-state index contributed by atoms with van der Waals surface area (Å²) in [4.78, 5) is 3.33. The summed E-state index contributed by atoms with van der Waals surface area (Å²) in [5.41, 5.74) is 0.843. The summed E-state index contributed by atoms with van der Waals surface area (Å²) in [6.07, 6.45) is 1.56. The Kier molecular flexibility index (Phi) is 4.02. The highest BCUT2D eigenvalue weighted by Crippen LogP contribution is 2.62. The summed E-state index contributed by atoms with van der Waals surface area (Å²) >= 11 is 0. The van der Waals surface area contributed by atoms with E-state index >= 15 is 0 Å². The highest BCUT2D eigenvalue weighted by molar-refractivity contribution is 7.89. The SMILES string of the molecule is CC(C)NCc1cc(S(=O)(=O)NC2C(C)(C)C2(C)C)c[nH]1. The van der Waals surface area contributed by atoms with E-state index in [2.05, 4.69) is 56.6 Å². The third kappa shape index (κ3) is 3.03. The summed E-state index contributed by atoms with van der Waals surface area (Å²) in [7, 11) is -3.47. The molecule has 0 spiro atoms. The fraction of sp³-hybridized carbons (Fsp3) is 0.733. The van der Waals surface area contributed by atoms with Gasteiger partial charge in [-0.2, -0.15) is 0 Å². The van der Waals surface area contributed by atoms with Crippen molar-refractivity contribution in [2.24, 2.45) is 10.8 Å². The Balaban J connectivity index is 2.08. The molecule has 1 heterocycles. The Bertz CT molecular complexity index is 601. The van der Waals surface area contributed by atoms with Crippen LogP contribution in [0.5, 0.6) is 0 Å². The molecular weight excluding hydrogens is 286 g/mol. The van der Waals surface area contributed by atoms with Crippen molar-refractivity contribution >= 4 is 10.0 Å². The molecule has 1 aliphatic rings. The first kappa shape index (κ1) is 16.5. The first-order valence-electron chi connectivity index (χ1n) is 7.41. The van der Waals surface area contributed by atoms with Gasteiger partial charge in [-0.15, -0.1) is 0 Å². The Morgan fingerprint density at radius 3 is 2.29 bits per heavy atom. The minimum atomic E-state index is -3.47. The van der Waals surface area contributed by atoms with Crippen molar-refractivity contribution < 1.29 is 8.42 Å². The van der Waals surface area contributed by atoms with E-state index in [9.17, 15) is 8.42 Å². The lowest BCUT2D eigenvalue weighted by atomic mass is 10.0. The van der Waals surface area contributed by atoms with E-state index in [1.54, 1.807) is 12.3 Å². The Morgan fingerprint density at radius 2 is 1.81 bits per heavy atom. The third-order valence-electron chi connectivity index (χ3n) is 5.02. The van der Waals surface area contributed by atoms with Crippen LogP contribution in [0.25, 0.3) is 0 Å². The number of nitrogens with one attached hydrogen (secondary N) is 3. The third-order valence-corrected chi connectivity index (χ3v) is 6.42. The van der Waals surface area contributed by atoms with Crippen LogP contribution in [-0.4, -0.2) is 25.5 Å². The van der Waals surface area contributed by atoms with Crippen LogP contribution in [0.1, 0.15) is 47.2 Å². The molecule has 1 aromatic rings. The van der Waals surface area contributed by atoms with Crippen LogP contribution in [0.2, 0.25) is 0 Å². The average molecular weight is 313 g/mol. The van der Waals surface area contributed by atoms with Gasteiger partial charge in [0.15, 0.2) is 0 Å². The molecule has 0 radical (unpaired) electrons. The van der Waals surface area contributed by atoms with Gasteiger partial charge in [0.05, 0.1) is 4.90 Å². The second-order valence-corrected chi connectivity index (χ2v) is 9.11. The molecule has 1 fully saturated rings. The van der Waals surface area contributed by atoms with Gasteiger partial charge < -0.3 is 10.3 Å². The van der Waals surface area contributed by atoms with Crippen LogP contribution >= 0.6 is 0 Å². The minimum absolute atomic E-state index is 0.0155. The van der Waals surface area contributed by atoms with Gasteiger partial charge in [0.2, 0.25) is 10.0 Å². The maximum Gasteiger partial charge on any atom is 0.242 e. The van der Waals surface area contributed by atoms with E-state index in [1.807, 2.05) is 0 Å². The fourth-order valence-corrected chi connectivity index (χ4v) is 4.25. The van der Waals surface area contributed by atoms with Gasteiger partial charge in [-0.1, -0.05) is 41.5 Å². The molecule has 0 unspecified atom stereocenters. The Labute approximate surface area is 128 Å². The Morgan fingerprint density at radius 1 is 1.24 bits per heavy atom. The van der Waals surface area contributed by atoms with Gasteiger partial charge in [0.1, 0.15) is 0 Å². The molecule has 1 aromatic heterocycles. The molecule has 6 heteroatoms. The summed E-state index contributed by atoms with van der Waals surface area (Å²) in [5.74, 6) is 0. The predicted molar refractivity (Wildman–Crippen MR) is 84.4 cm³/mol. The summed E-state index contributed by atoms with van der Waals surface area (Å²) < 4.78 is 27.8. The number of aromatic nitrogens is 1. The zero-order valence-electron chi connectivity index (χ0n) is 13.7. The second kappa shape index (κ2) is 5.11. The zero-order chi connectivity index (χ0) is 16.1. The van der Waals surface area contributed by atoms with Gasteiger partial charge in [-0.05, 0) is 16.9 Å². The highest BCUT2D eigenvalue weighted by Gasteiger charge is 2.66. The maximum absolute atomic E-state index is 12.5. The number of sulfonamides is 1. The van der Waals surface area contributed by atoms with E-state index in [1.165, 1.54) is 0 Å². The van der Waals surface area contributed by atoms with Crippen molar-refractivity contribution in [3.63, 3.8) is 0 Å². The molecular formula is C15H27N3O2S. The van der Waals surface area contributed by atoms with Crippen molar-refractivity contribution in [2.45, 2.75) is 65.1 Å². The van der Waals surface area contributed by atoms with E-state index in [0.717, 1.165) is 5.69 Å². The molecule has 0 aliphatic heterocycles. The van der Waals surface area contributed by atoms with Crippen LogP contribution in [0.15, 0.2) is 17.2 Å². The van der Waals surface area contributed by atoms with Gasteiger partial charge in [-0.3, -0.25) is 0 Å². The van der Waals surface area contributed by atoms with E-state index in [4.69, 9.17) is 0 Å². The van der Waals surface area contributed by atoms with Crippen molar-refractivity contribution in [1.82, 2.24) is 15.0 Å². The van der Waals surface area contributed by atoms with Crippen LogP contribution in [0.4, 0.5) is 0 Å². The van der Waals surface area contributed by atoms with Crippen molar-refractivity contribution in [1.29, 1.82) is 0 Å². The molecule has 3 N–H and O–H groups in total. The van der Waals surface area contributed by atoms with E-state index < -0.39 is 10.0 Å². The number of hydrogen-bond acceptors (Lipinski definition) is 3. The molecule has 1 saturated carbocycles. The van der Waals surface area contributed by atoms with Crippen LogP contribution < -0.4 is 10.0 Å². The Hall–Kier alpha value is -0.850. The lowest BCUT2D eigenvalue weighted by Gasteiger charge is -2.07. The van der Waals surface area contributed by atoms with Crippen LogP contribution in [0.3, 0.4) is 0 Å². The molecule has 5 nitrogen and oxygen atoms in total. The second-order valence-electron chi connectivity index (χ2n) is 7.39. The van der Waals surface area contributed by atoms with Gasteiger partial charge in [-0.25, -0.2) is 13.1 Å². The van der Waals surface area contributed by atoms with Crippen molar-refractivity contribution in [2.75, 3.05) is 0 Å². The topological polar surface area (TPSA) is 74.0 Å². The largest absolute Gasteiger partial charge is 0.363 e. The first-order valence-corrected chi connectivity index (χ1v) is 8.90. The first-order chi connectivity index (χ1) is 9.48. The number of H-pyrrole nitrogens is 1. The molecule has 0 amide bonds.